The summed E-state index contributed by atoms with van der Waals surface area (Å²) in [6, 6.07) is 0. The van der Waals surface area contributed by atoms with Crippen LogP contribution in [0.4, 0.5) is 0 Å². The highest BCUT2D eigenvalue weighted by molar-refractivity contribution is 9.10. The summed E-state index contributed by atoms with van der Waals surface area (Å²) in [5, 5.41) is 0. The summed E-state index contributed by atoms with van der Waals surface area (Å²) >= 11 is 3.67. The number of rotatable bonds is 0. The fourth-order valence-corrected chi connectivity index (χ4v) is 8.83. The average Bonchev–Trinajstić information content (AvgIpc) is 2.60. The predicted octanol–water partition coefficient (Wildman–Crippen LogP) is 3.22. The third-order valence-electron chi connectivity index (χ3n) is 8.35. The molecule has 1 aliphatic heterocycles. The van der Waals surface area contributed by atoms with Gasteiger partial charge in [0.15, 0.2) is 11.6 Å². The lowest BCUT2D eigenvalue weighted by molar-refractivity contribution is -0.228. The first-order valence-electron chi connectivity index (χ1n) is 9.38. The standard InChI is InChI=1S/C20H23BrO4/c1-10-11-4-7-20(15(10)22)12(8-11)19-6-3-5-18(2,9-25-17(19)24)14(19)13(21)16(20)23/h11-14H,1,3-9H2,2H3/t11-,12?,13+,14?,18+,19-,20?/m1/s1. The number of ether oxygens (including phenoxy) is 1. The van der Waals surface area contributed by atoms with Crippen LogP contribution in [0.5, 0.6) is 0 Å². The van der Waals surface area contributed by atoms with Gasteiger partial charge < -0.3 is 4.74 Å². The van der Waals surface area contributed by atoms with Crippen LogP contribution in [0.2, 0.25) is 0 Å². The molecule has 6 fully saturated rings. The Morgan fingerprint density at radius 3 is 2.72 bits per heavy atom. The molecule has 4 nitrogen and oxygen atoms in total. The van der Waals surface area contributed by atoms with Crippen LogP contribution in [0.3, 0.4) is 0 Å². The van der Waals surface area contributed by atoms with Crippen molar-refractivity contribution in [2.75, 3.05) is 6.61 Å². The number of halogens is 1. The minimum absolute atomic E-state index is 0.00486. The lowest BCUT2D eigenvalue weighted by atomic mass is 9.35. The maximum Gasteiger partial charge on any atom is 0.312 e. The molecule has 7 atom stereocenters. The molecule has 0 aromatic heterocycles. The van der Waals surface area contributed by atoms with E-state index in [1.807, 2.05) is 0 Å². The molecule has 0 N–H and O–H groups in total. The number of alkyl halides is 1. The average molecular weight is 407 g/mol. The lowest BCUT2D eigenvalue weighted by Crippen LogP contribution is -2.75. The number of hydrogen-bond donors (Lipinski definition) is 0. The molecule has 5 aliphatic carbocycles. The van der Waals surface area contributed by atoms with Gasteiger partial charge in [0.25, 0.3) is 0 Å². The number of esters is 1. The summed E-state index contributed by atoms with van der Waals surface area (Å²) in [4.78, 5) is 39.5. The topological polar surface area (TPSA) is 60.4 Å². The van der Waals surface area contributed by atoms with Crippen LogP contribution in [-0.4, -0.2) is 29.0 Å². The number of cyclic esters (lactones) is 1. The van der Waals surface area contributed by atoms with Crippen molar-refractivity contribution in [1.82, 2.24) is 0 Å². The molecule has 5 saturated carbocycles. The Morgan fingerprint density at radius 2 is 1.96 bits per heavy atom. The smallest absolute Gasteiger partial charge is 0.312 e. The molecule has 1 spiro atoms. The van der Waals surface area contributed by atoms with Gasteiger partial charge in [0.1, 0.15) is 0 Å². The number of carbonyl (C=O) groups is 3. The summed E-state index contributed by atoms with van der Waals surface area (Å²) < 4.78 is 5.70. The van der Waals surface area contributed by atoms with E-state index in [0.717, 1.165) is 32.1 Å². The van der Waals surface area contributed by atoms with E-state index in [2.05, 4.69) is 29.4 Å². The second-order valence-electron chi connectivity index (χ2n) is 9.22. The molecule has 0 radical (unpaired) electrons. The molecule has 3 unspecified atom stereocenters. The number of carbonyl (C=O) groups excluding carboxylic acids is 3. The summed E-state index contributed by atoms with van der Waals surface area (Å²) in [6.45, 7) is 6.54. The highest BCUT2D eigenvalue weighted by Gasteiger charge is 2.77. The molecule has 5 heteroatoms. The van der Waals surface area contributed by atoms with Gasteiger partial charge in [-0.25, -0.2) is 0 Å². The van der Waals surface area contributed by atoms with E-state index in [9.17, 15) is 14.4 Å². The Morgan fingerprint density at radius 1 is 1.20 bits per heavy atom. The molecule has 0 aromatic rings. The van der Waals surface area contributed by atoms with E-state index in [-0.39, 0.29) is 40.7 Å². The zero-order chi connectivity index (χ0) is 17.8. The molecule has 6 rings (SSSR count). The Labute approximate surface area is 155 Å². The highest BCUT2D eigenvalue weighted by atomic mass is 79.9. The first-order valence-corrected chi connectivity index (χ1v) is 10.3. The zero-order valence-electron chi connectivity index (χ0n) is 14.5. The van der Waals surface area contributed by atoms with E-state index < -0.39 is 15.7 Å². The predicted molar refractivity (Wildman–Crippen MR) is 94.0 cm³/mol. The van der Waals surface area contributed by atoms with E-state index in [0.29, 0.717) is 18.6 Å². The van der Waals surface area contributed by atoms with Crippen molar-refractivity contribution in [3.05, 3.63) is 12.2 Å². The Kier molecular flexibility index (Phi) is 3.02. The van der Waals surface area contributed by atoms with Crippen molar-refractivity contribution < 1.29 is 19.1 Å². The normalized spacial score (nSPS) is 54.0. The maximum atomic E-state index is 13.6. The van der Waals surface area contributed by atoms with Gasteiger partial charge in [-0.1, -0.05) is 35.9 Å². The molecule has 0 amide bonds. The first-order chi connectivity index (χ1) is 11.8. The third kappa shape index (κ3) is 1.55. The second-order valence-corrected chi connectivity index (χ2v) is 10.2. The highest BCUT2D eigenvalue weighted by Crippen LogP contribution is 2.72. The van der Waals surface area contributed by atoms with E-state index >= 15 is 0 Å². The summed E-state index contributed by atoms with van der Waals surface area (Å²) in [6.07, 6.45) is 4.80. The van der Waals surface area contributed by atoms with Gasteiger partial charge in [0.05, 0.1) is 22.3 Å². The van der Waals surface area contributed by atoms with Gasteiger partial charge >= 0.3 is 5.97 Å². The minimum atomic E-state index is -1.05. The first kappa shape index (κ1) is 16.2. The van der Waals surface area contributed by atoms with Crippen LogP contribution in [0.15, 0.2) is 12.2 Å². The number of Topliss-reactive ketones (excluding diaryl/α,β-unsaturated/α-hetero) is 2. The zero-order valence-corrected chi connectivity index (χ0v) is 16.1. The van der Waals surface area contributed by atoms with Crippen LogP contribution in [0.1, 0.15) is 45.4 Å². The fraction of sp³-hybridized carbons (Fsp3) is 0.750. The molecule has 25 heavy (non-hydrogen) atoms. The molecular weight excluding hydrogens is 384 g/mol. The van der Waals surface area contributed by atoms with Crippen molar-refractivity contribution >= 4 is 33.5 Å². The molecule has 134 valence electrons. The van der Waals surface area contributed by atoms with Crippen molar-refractivity contribution in [2.24, 2.45) is 34.0 Å². The SMILES string of the molecule is C=C1C(=O)C23CC[C@@H]1CC2[C@@]12CCC[C@@](C)(COC1=O)C2[C@H](Br)C3=O. The minimum Gasteiger partial charge on any atom is -0.465 e. The van der Waals surface area contributed by atoms with E-state index in [1.165, 1.54) is 0 Å². The van der Waals surface area contributed by atoms with Crippen molar-refractivity contribution in [3.63, 3.8) is 0 Å². The summed E-state index contributed by atoms with van der Waals surface area (Å²) in [7, 11) is 0. The van der Waals surface area contributed by atoms with Crippen molar-refractivity contribution in [1.29, 1.82) is 0 Å². The van der Waals surface area contributed by atoms with Gasteiger partial charge in [0, 0.05) is 11.3 Å². The van der Waals surface area contributed by atoms with Gasteiger partial charge in [-0.05, 0) is 49.5 Å². The van der Waals surface area contributed by atoms with Crippen molar-refractivity contribution in [2.45, 2.75) is 50.3 Å². The Balaban J connectivity index is 1.77. The molecule has 4 bridgehead atoms. The fourth-order valence-electron chi connectivity index (χ4n) is 7.32. The monoisotopic (exact) mass is 406 g/mol. The van der Waals surface area contributed by atoms with E-state index in [1.54, 1.807) is 0 Å². The van der Waals surface area contributed by atoms with Gasteiger partial charge in [-0.15, -0.1) is 0 Å². The van der Waals surface area contributed by atoms with Crippen LogP contribution >= 0.6 is 15.9 Å². The van der Waals surface area contributed by atoms with E-state index in [4.69, 9.17) is 4.74 Å². The number of hydrogen-bond acceptors (Lipinski definition) is 4. The largest absolute Gasteiger partial charge is 0.465 e. The van der Waals surface area contributed by atoms with Crippen LogP contribution in [-0.2, 0) is 19.1 Å². The van der Waals surface area contributed by atoms with Crippen molar-refractivity contribution in [3.8, 4) is 0 Å². The van der Waals surface area contributed by atoms with Gasteiger partial charge in [-0.3, -0.25) is 14.4 Å². The molecule has 1 heterocycles. The number of ketones is 2. The second kappa shape index (κ2) is 4.65. The third-order valence-corrected chi connectivity index (χ3v) is 9.30. The van der Waals surface area contributed by atoms with Crippen LogP contribution in [0, 0.1) is 34.0 Å². The Bertz CT molecular complexity index is 744. The van der Waals surface area contributed by atoms with Gasteiger partial charge in [0.2, 0.25) is 0 Å². The Hall–Kier alpha value is -0.970. The summed E-state index contributed by atoms with van der Waals surface area (Å²) in [5.74, 6) is -0.411. The molecule has 1 saturated heterocycles. The van der Waals surface area contributed by atoms with Gasteiger partial charge in [-0.2, -0.15) is 0 Å². The van der Waals surface area contributed by atoms with Crippen LogP contribution in [0.25, 0.3) is 0 Å². The number of fused-ring (bicyclic) bond motifs is 2. The maximum absolute atomic E-state index is 13.6. The quantitative estimate of drug-likeness (QED) is 0.268. The molecule has 0 aromatic carbocycles. The lowest BCUT2D eigenvalue weighted by Gasteiger charge is -2.68. The molecule has 6 aliphatic rings. The molecular formula is C20H23BrO4. The summed E-state index contributed by atoms with van der Waals surface area (Å²) in [5.41, 5.74) is -1.32. The van der Waals surface area contributed by atoms with Crippen LogP contribution < -0.4 is 0 Å². The number of allylic oxidation sites excluding steroid dienone is 1.